The third-order valence-corrected chi connectivity index (χ3v) is 4.78. The van der Waals surface area contributed by atoms with Crippen LogP contribution in [0.3, 0.4) is 0 Å². The summed E-state index contributed by atoms with van der Waals surface area (Å²) in [4.78, 5) is 8.56. The Labute approximate surface area is 122 Å². The van der Waals surface area contributed by atoms with E-state index in [0.717, 1.165) is 26.7 Å². The molecule has 0 aliphatic carbocycles. The standard InChI is InChI=1S/C14H8N4S2/c1-2-9(8-15-5-1)13-17-18-14(20-13)12-10-4-7-19-11(10)3-6-16-12/h1-8H. The number of fused-ring (bicyclic) bond motifs is 1. The Morgan fingerprint density at radius 1 is 0.950 bits per heavy atom. The predicted octanol–water partition coefficient (Wildman–Crippen LogP) is 3.88. The van der Waals surface area contributed by atoms with Crippen molar-refractivity contribution in [2.24, 2.45) is 0 Å². The molecule has 4 nitrogen and oxygen atoms in total. The molecule has 0 radical (unpaired) electrons. The molecule has 0 unspecified atom stereocenters. The van der Waals surface area contributed by atoms with Crippen LogP contribution in [0.2, 0.25) is 0 Å². The van der Waals surface area contributed by atoms with Crippen molar-refractivity contribution in [3.63, 3.8) is 0 Å². The fraction of sp³-hybridized carbons (Fsp3) is 0. The van der Waals surface area contributed by atoms with Crippen LogP contribution in [0.15, 0.2) is 48.2 Å². The van der Waals surface area contributed by atoms with Crippen molar-refractivity contribution in [3.8, 4) is 21.3 Å². The van der Waals surface area contributed by atoms with Gasteiger partial charge in [-0.05, 0) is 29.6 Å². The molecule has 0 atom stereocenters. The van der Waals surface area contributed by atoms with Gasteiger partial charge in [0.15, 0.2) is 5.01 Å². The van der Waals surface area contributed by atoms with Crippen molar-refractivity contribution in [2.45, 2.75) is 0 Å². The van der Waals surface area contributed by atoms with Crippen LogP contribution in [0.1, 0.15) is 0 Å². The van der Waals surface area contributed by atoms with E-state index in [-0.39, 0.29) is 0 Å². The van der Waals surface area contributed by atoms with Crippen molar-refractivity contribution in [3.05, 3.63) is 48.2 Å². The van der Waals surface area contributed by atoms with Gasteiger partial charge in [0, 0.05) is 34.2 Å². The minimum absolute atomic E-state index is 0.841. The average Bonchev–Trinajstić information content (AvgIpc) is 3.17. The lowest BCUT2D eigenvalue weighted by atomic mass is 10.2. The molecule has 6 heteroatoms. The maximum Gasteiger partial charge on any atom is 0.167 e. The molecule has 0 spiro atoms. The molecule has 0 fully saturated rings. The highest BCUT2D eigenvalue weighted by Crippen LogP contribution is 2.33. The van der Waals surface area contributed by atoms with E-state index < -0.39 is 0 Å². The molecule has 4 heterocycles. The quantitative estimate of drug-likeness (QED) is 0.563. The molecule has 20 heavy (non-hydrogen) atoms. The Hall–Kier alpha value is -2.18. The molecule has 0 amide bonds. The Morgan fingerprint density at radius 2 is 1.90 bits per heavy atom. The van der Waals surface area contributed by atoms with Crippen molar-refractivity contribution in [1.29, 1.82) is 0 Å². The number of pyridine rings is 2. The molecule has 0 aliphatic heterocycles. The van der Waals surface area contributed by atoms with Crippen LogP contribution >= 0.6 is 22.7 Å². The smallest absolute Gasteiger partial charge is 0.167 e. The summed E-state index contributed by atoms with van der Waals surface area (Å²) in [6.45, 7) is 0. The van der Waals surface area contributed by atoms with Crippen molar-refractivity contribution < 1.29 is 0 Å². The van der Waals surface area contributed by atoms with Gasteiger partial charge in [-0.2, -0.15) is 0 Å². The lowest BCUT2D eigenvalue weighted by Crippen LogP contribution is -1.82. The zero-order valence-electron chi connectivity index (χ0n) is 10.2. The van der Waals surface area contributed by atoms with Crippen molar-refractivity contribution in [2.75, 3.05) is 0 Å². The highest BCUT2D eigenvalue weighted by Gasteiger charge is 2.12. The molecule has 4 aromatic rings. The monoisotopic (exact) mass is 296 g/mol. The summed E-state index contributed by atoms with van der Waals surface area (Å²) in [6.07, 6.45) is 5.36. The molecule has 0 aliphatic rings. The van der Waals surface area contributed by atoms with Crippen LogP contribution in [0.5, 0.6) is 0 Å². The van der Waals surface area contributed by atoms with E-state index in [9.17, 15) is 0 Å². The topological polar surface area (TPSA) is 51.6 Å². The van der Waals surface area contributed by atoms with Gasteiger partial charge in [0.1, 0.15) is 10.7 Å². The third kappa shape index (κ3) is 1.90. The molecule has 96 valence electrons. The van der Waals surface area contributed by atoms with Crippen LogP contribution in [0, 0.1) is 0 Å². The minimum atomic E-state index is 0.841. The second-order valence-electron chi connectivity index (χ2n) is 4.15. The van der Waals surface area contributed by atoms with Crippen LogP contribution in [0.4, 0.5) is 0 Å². The van der Waals surface area contributed by atoms with Crippen molar-refractivity contribution in [1.82, 2.24) is 20.2 Å². The first-order valence-electron chi connectivity index (χ1n) is 5.98. The normalized spacial score (nSPS) is 11.0. The van der Waals surface area contributed by atoms with Crippen LogP contribution < -0.4 is 0 Å². The van der Waals surface area contributed by atoms with Crippen LogP contribution in [-0.4, -0.2) is 20.2 Å². The summed E-state index contributed by atoms with van der Waals surface area (Å²) in [5, 5.41) is 13.4. The van der Waals surface area contributed by atoms with Crippen LogP contribution in [0.25, 0.3) is 31.4 Å². The zero-order chi connectivity index (χ0) is 13.4. The number of aromatic nitrogens is 4. The van der Waals surface area contributed by atoms with Gasteiger partial charge in [0.25, 0.3) is 0 Å². The van der Waals surface area contributed by atoms with Gasteiger partial charge < -0.3 is 0 Å². The largest absolute Gasteiger partial charge is 0.264 e. The summed E-state index contributed by atoms with van der Waals surface area (Å²) < 4.78 is 1.22. The average molecular weight is 296 g/mol. The SMILES string of the molecule is c1cncc(-c2nnc(-c3nccc4sccc34)s2)c1. The Balaban J connectivity index is 1.84. The lowest BCUT2D eigenvalue weighted by molar-refractivity contribution is 1.09. The van der Waals surface area contributed by atoms with Gasteiger partial charge in [-0.1, -0.05) is 11.3 Å². The first-order valence-corrected chi connectivity index (χ1v) is 7.68. The fourth-order valence-corrected chi connectivity index (χ4v) is 3.62. The molecule has 0 bridgehead atoms. The summed E-state index contributed by atoms with van der Waals surface area (Å²) in [5.41, 5.74) is 1.88. The maximum atomic E-state index is 4.46. The van der Waals surface area contributed by atoms with Gasteiger partial charge in [-0.3, -0.25) is 9.97 Å². The molecule has 4 rings (SSSR count). The molecule has 0 N–H and O–H groups in total. The number of rotatable bonds is 2. The number of nitrogens with zero attached hydrogens (tertiary/aromatic N) is 4. The molecular formula is C14H8N4S2. The summed E-state index contributed by atoms with van der Waals surface area (Å²) in [7, 11) is 0. The highest BCUT2D eigenvalue weighted by atomic mass is 32.1. The molecular weight excluding hydrogens is 288 g/mol. The number of hydrogen-bond donors (Lipinski definition) is 0. The second-order valence-corrected chi connectivity index (χ2v) is 6.07. The predicted molar refractivity (Wildman–Crippen MR) is 81.8 cm³/mol. The maximum absolute atomic E-state index is 4.46. The van der Waals surface area contributed by atoms with E-state index in [1.165, 1.54) is 16.0 Å². The van der Waals surface area contributed by atoms with E-state index in [1.807, 2.05) is 24.4 Å². The Morgan fingerprint density at radius 3 is 2.80 bits per heavy atom. The van der Waals surface area contributed by atoms with Crippen LogP contribution in [-0.2, 0) is 0 Å². The first-order chi connectivity index (χ1) is 9.92. The summed E-state index contributed by atoms with van der Waals surface area (Å²) in [6, 6.07) is 7.98. The van der Waals surface area contributed by atoms with E-state index in [0.29, 0.717) is 0 Å². The second kappa shape index (κ2) is 4.73. The zero-order valence-corrected chi connectivity index (χ0v) is 11.9. The Bertz CT molecular complexity index is 867. The number of thiophene rings is 1. The lowest BCUT2D eigenvalue weighted by Gasteiger charge is -1.96. The van der Waals surface area contributed by atoms with E-state index in [4.69, 9.17) is 0 Å². The van der Waals surface area contributed by atoms with Gasteiger partial charge in [0.05, 0.1) is 0 Å². The molecule has 0 saturated heterocycles. The summed E-state index contributed by atoms with van der Waals surface area (Å²) >= 11 is 3.24. The first kappa shape index (κ1) is 11.6. The molecule has 0 aromatic carbocycles. The highest BCUT2D eigenvalue weighted by molar-refractivity contribution is 7.18. The fourth-order valence-electron chi connectivity index (χ4n) is 1.99. The number of hydrogen-bond acceptors (Lipinski definition) is 6. The van der Waals surface area contributed by atoms with E-state index in [1.54, 1.807) is 23.7 Å². The van der Waals surface area contributed by atoms with Crippen molar-refractivity contribution >= 4 is 32.8 Å². The van der Waals surface area contributed by atoms with Gasteiger partial charge in [0.2, 0.25) is 0 Å². The van der Waals surface area contributed by atoms with Gasteiger partial charge in [-0.25, -0.2) is 0 Å². The van der Waals surface area contributed by atoms with Gasteiger partial charge >= 0.3 is 0 Å². The Kier molecular flexibility index (Phi) is 2.75. The van der Waals surface area contributed by atoms with E-state index in [2.05, 4.69) is 31.6 Å². The minimum Gasteiger partial charge on any atom is -0.264 e. The third-order valence-electron chi connectivity index (χ3n) is 2.92. The molecule has 4 aromatic heterocycles. The van der Waals surface area contributed by atoms with E-state index >= 15 is 0 Å². The van der Waals surface area contributed by atoms with Gasteiger partial charge in [-0.15, -0.1) is 21.5 Å². The molecule has 0 saturated carbocycles. The summed E-state index contributed by atoms with van der Waals surface area (Å²) in [5.74, 6) is 0.